The Hall–Kier alpha value is -3.97. The monoisotopic (exact) mass is 560 g/mol. The highest BCUT2D eigenvalue weighted by molar-refractivity contribution is 5.95. The topological polar surface area (TPSA) is 230 Å². The van der Waals surface area contributed by atoms with Crippen molar-refractivity contribution in [2.24, 2.45) is 17.4 Å². The number of carbonyl (C=O) groups is 5. The molecule has 0 aliphatic rings. The Kier molecular flexibility index (Phi) is 12.6. The number of H-pyrrole nitrogens is 1. The molecule has 1 heterocycles. The first-order valence-electron chi connectivity index (χ1n) is 13.3. The van der Waals surface area contributed by atoms with E-state index in [4.69, 9.17) is 16.6 Å². The van der Waals surface area contributed by atoms with Crippen LogP contribution in [0.5, 0.6) is 0 Å². The Morgan fingerprint density at radius 1 is 0.950 bits per heavy atom. The molecule has 0 bridgehead atoms. The Balaban J connectivity index is 2.15. The van der Waals surface area contributed by atoms with Gasteiger partial charge in [-0.2, -0.15) is 0 Å². The van der Waals surface area contributed by atoms with Crippen molar-refractivity contribution in [2.75, 3.05) is 6.54 Å². The number of aromatic nitrogens is 1. The van der Waals surface area contributed by atoms with Crippen LogP contribution in [0.3, 0.4) is 0 Å². The number of amides is 3. The molecule has 10 N–H and O–H groups in total. The lowest BCUT2D eigenvalue weighted by molar-refractivity contribution is -0.147. The summed E-state index contributed by atoms with van der Waals surface area (Å²) in [5, 5.41) is 26.7. The minimum Gasteiger partial charge on any atom is -0.481 e. The molecule has 1 aromatic carbocycles. The van der Waals surface area contributed by atoms with E-state index in [0.717, 1.165) is 16.5 Å². The number of nitrogens with one attached hydrogen (secondary N) is 4. The van der Waals surface area contributed by atoms with E-state index in [0.29, 0.717) is 25.8 Å². The molecule has 0 saturated carbocycles. The molecule has 40 heavy (non-hydrogen) atoms. The molecule has 0 aliphatic carbocycles. The Morgan fingerprint density at radius 2 is 1.62 bits per heavy atom. The first kappa shape index (κ1) is 32.2. The lowest BCUT2D eigenvalue weighted by atomic mass is 9.96. The van der Waals surface area contributed by atoms with E-state index < -0.39 is 66.2 Å². The summed E-state index contributed by atoms with van der Waals surface area (Å²) in [6, 6.07) is 2.78. The second-order valence-corrected chi connectivity index (χ2v) is 9.88. The zero-order valence-corrected chi connectivity index (χ0v) is 22.8. The van der Waals surface area contributed by atoms with Crippen molar-refractivity contribution in [3.63, 3.8) is 0 Å². The van der Waals surface area contributed by atoms with Crippen LogP contribution in [-0.2, 0) is 30.4 Å². The fraction of sp³-hybridized carbons (Fsp3) is 0.519. The molecule has 220 valence electrons. The van der Waals surface area contributed by atoms with Gasteiger partial charge in [-0.3, -0.25) is 19.2 Å². The van der Waals surface area contributed by atoms with Crippen LogP contribution in [0, 0.1) is 5.92 Å². The van der Waals surface area contributed by atoms with Gasteiger partial charge in [-0.25, -0.2) is 4.79 Å². The summed E-state index contributed by atoms with van der Waals surface area (Å²) < 4.78 is 0. The molecule has 13 nitrogen and oxygen atoms in total. The predicted octanol–water partition coefficient (Wildman–Crippen LogP) is 0.227. The van der Waals surface area contributed by atoms with Gasteiger partial charge < -0.3 is 42.6 Å². The van der Waals surface area contributed by atoms with E-state index in [2.05, 4.69) is 20.9 Å². The highest BCUT2D eigenvalue weighted by atomic mass is 16.4. The molecule has 0 spiro atoms. The molecule has 0 fully saturated rings. The molecule has 5 atom stereocenters. The van der Waals surface area contributed by atoms with Gasteiger partial charge in [0, 0.05) is 17.1 Å². The SMILES string of the molecule is CCC(C)C(NC(=O)C(CCCCN)NC(=O)C(N)Cc1c[nH]c2ccccc12)C(=O)NC(CC(=O)O)C(=O)O. The molecule has 3 amide bonds. The molecule has 0 saturated heterocycles. The minimum absolute atomic E-state index is 0.227. The zero-order chi connectivity index (χ0) is 29.8. The highest BCUT2D eigenvalue weighted by Crippen LogP contribution is 2.19. The van der Waals surface area contributed by atoms with Crippen molar-refractivity contribution >= 4 is 40.6 Å². The van der Waals surface area contributed by atoms with Gasteiger partial charge in [0.15, 0.2) is 0 Å². The molecular formula is C27H40N6O7. The van der Waals surface area contributed by atoms with E-state index >= 15 is 0 Å². The first-order valence-corrected chi connectivity index (χ1v) is 13.3. The first-order chi connectivity index (χ1) is 19.0. The Morgan fingerprint density at radius 3 is 2.25 bits per heavy atom. The number of aliphatic carboxylic acids is 2. The number of hydrogen-bond acceptors (Lipinski definition) is 7. The van der Waals surface area contributed by atoms with E-state index in [1.165, 1.54) is 0 Å². The van der Waals surface area contributed by atoms with Crippen molar-refractivity contribution in [2.45, 2.75) is 76.5 Å². The molecule has 2 rings (SSSR count). The van der Waals surface area contributed by atoms with E-state index in [1.807, 2.05) is 24.3 Å². The Bertz CT molecular complexity index is 1180. The van der Waals surface area contributed by atoms with E-state index in [1.54, 1.807) is 20.0 Å². The molecule has 1 aromatic heterocycles. The van der Waals surface area contributed by atoms with Crippen LogP contribution >= 0.6 is 0 Å². The second-order valence-electron chi connectivity index (χ2n) is 9.88. The molecule has 0 radical (unpaired) electrons. The fourth-order valence-electron chi connectivity index (χ4n) is 4.26. The van der Waals surface area contributed by atoms with Crippen LogP contribution in [0.1, 0.15) is 51.5 Å². The van der Waals surface area contributed by atoms with Crippen molar-refractivity contribution < 1.29 is 34.2 Å². The molecule has 13 heteroatoms. The summed E-state index contributed by atoms with van der Waals surface area (Å²) in [4.78, 5) is 64.9. The third-order valence-electron chi connectivity index (χ3n) is 6.82. The maximum absolute atomic E-state index is 13.3. The number of carboxylic acids is 2. The van der Waals surface area contributed by atoms with Crippen LogP contribution in [0.25, 0.3) is 10.9 Å². The molecular weight excluding hydrogens is 520 g/mol. The summed E-state index contributed by atoms with van der Waals surface area (Å²) in [5.74, 6) is -5.36. The number of nitrogens with two attached hydrogens (primary N) is 2. The van der Waals surface area contributed by atoms with Gasteiger partial charge in [-0.05, 0) is 49.8 Å². The van der Waals surface area contributed by atoms with Gasteiger partial charge in [0.05, 0.1) is 12.5 Å². The third kappa shape index (κ3) is 9.35. The third-order valence-corrected chi connectivity index (χ3v) is 6.82. The number of hydrogen-bond donors (Lipinski definition) is 8. The second kappa shape index (κ2) is 15.6. The minimum atomic E-state index is -1.67. The maximum Gasteiger partial charge on any atom is 0.326 e. The largest absolute Gasteiger partial charge is 0.481 e. The summed E-state index contributed by atoms with van der Waals surface area (Å²) in [6.45, 7) is 3.87. The van der Waals surface area contributed by atoms with Crippen molar-refractivity contribution in [3.05, 3.63) is 36.0 Å². The number of para-hydroxylation sites is 1. The van der Waals surface area contributed by atoms with Crippen molar-refractivity contribution in [3.8, 4) is 0 Å². The van der Waals surface area contributed by atoms with Crippen LogP contribution in [-0.4, -0.2) is 75.6 Å². The lowest BCUT2D eigenvalue weighted by Gasteiger charge is -2.28. The van der Waals surface area contributed by atoms with Crippen molar-refractivity contribution in [1.29, 1.82) is 0 Å². The number of carbonyl (C=O) groups excluding carboxylic acids is 3. The van der Waals surface area contributed by atoms with Gasteiger partial charge in [0.1, 0.15) is 18.1 Å². The highest BCUT2D eigenvalue weighted by Gasteiger charge is 2.33. The van der Waals surface area contributed by atoms with Gasteiger partial charge in [-0.1, -0.05) is 38.5 Å². The summed E-state index contributed by atoms with van der Waals surface area (Å²) in [5.41, 5.74) is 13.6. The summed E-state index contributed by atoms with van der Waals surface area (Å²) >= 11 is 0. The number of rotatable bonds is 17. The summed E-state index contributed by atoms with van der Waals surface area (Å²) in [6.07, 6.45) is 3.00. The quantitative estimate of drug-likeness (QED) is 0.124. The predicted molar refractivity (Wildman–Crippen MR) is 148 cm³/mol. The maximum atomic E-state index is 13.3. The van der Waals surface area contributed by atoms with E-state index in [-0.39, 0.29) is 12.8 Å². The molecule has 5 unspecified atom stereocenters. The van der Waals surface area contributed by atoms with Gasteiger partial charge >= 0.3 is 11.9 Å². The normalized spacial score (nSPS) is 14.9. The standard InChI is InChI=1S/C27H40N6O7/c1-3-15(2)23(26(38)32-21(27(39)40)13-22(34)35)33-25(37)20(10-6-7-11-28)31-24(36)18(29)12-16-14-30-19-9-5-4-8-17(16)19/h4-5,8-9,14-15,18,20-21,23,30H,3,6-7,10-13,28-29H2,1-2H3,(H,31,36)(H,32,38)(H,33,37)(H,34,35)(H,39,40). The van der Waals surface area contributed by atoms with E-state index in [9.17, 15) is 29.1 Å². The fourth-order valence-corrected chi connectivity index (χ4v) is 4.26. The lowest BCUT2D eigenvalue weighted by Crippen LogP contribution is -2.59. The van der Waals surface area contributed by atoms with Gasteiger partial charge in [0.2, 0.25) is 17.7 Å². The van der Waals surface area contributed by atoms with Gasteiger partial charge in [-0.15, -0.1) is 0 Å². The van der Waals surface area contributed by atoms with Gasteiger partial charge in [0.25, 0.3) is 0 Å². The number of fused-ring (bicyclic) bond motifs is 1. The number of aromatic amines is 1. The van der Waals surface area contributed by atoms with Crippen LogP contribution < -0.4 is 27.4 Å². The van der Waals surface area contributed by atoms with Crippen LogP contribution in [0.4, 0.5) is 0 Å². The molecule has 0 aliphatic heterocycles. The average molecular weight is 561 g/mol. The number of benzene rings is 1. The summed E-state index contributed by atoms with van der Waals surface area (Å²) in [7, 11) is 0. The number of unbranched alkanes of at least 4 members (excludes halogenated alkanes) is 1. The van der Waals surface area contributed by atoms with Crippen LogP contribution in [0.15, 0.2) is 30.5 Å². The zero-order valence-electron chi connectivity index (χ0n) is 22.8. The smallest absolute Gasteiger partial charge is 0.326 e. The number of carboxylic acid groups (broad SMARTS) is 2. The Labute approximate surface area is 232 Å². The van der Waals surface area contributed by atoms with Crippen LogP contribution in [0.2, 0.25) is 0 Å². The van der Waals surface area contributed by atoms with Crippen molar-refractivity contribution in [1.82, 2.24) is 20.9 Å². The molecule has 2 aromatic rings. The average Bonchev–Trinajstić information content (AvgIpc) is 3.32.